The molecule has 0 spiro atoms. The Kier molecular flexibility index (Phi) is 6.99. The molecule has 2 fully saturated rings. The van der Waals surface area contributed by atoms with Gasteiger partial charge in [-0.1, -0.05) is 25.1 Å². The maximum absolute atomic E-state index is 15.0. The summed E-state index contributed by atoms with van der Waals surface area (Å²) >= 11 is 0. The van der Waals surface area contributed by atoms with Gasteiger partial charge in [-0.15, -0.1) is 0 Å². The number of methoxy groups -OCH3 is 1. The molecule has 0 aromatic heterocycles. The first-order valence-corrected chi connectivity index (χ1v) is 12.1. The van der Waals surface area contributed by atoms with Crippen LogP contribution in [0.15, 0.2) is 36.4 Å². The third kappa shape index (κ3) is 4.66. The lowest BCUT2D eigenvalue weighted by molar-refractivity contribution is 0.142. The first-order chi connectivity index (χ1) is 15.0. The first-order valence-electron chi connectivity index (χ1n) is 12.1. The van der Waals surface area contributed by atoms with Crippen LogP contribution in [-0.4, -0.2) is 7.11 Å². The van der Waals surface area contributed by atoms with Crippen molar-refractivity contribution in [2.45, 2.75) is 71.1 Å². The normalized spacial score (nSPS) is 28.2. The number of rotatable bonds is 5. The Morgan fingerprint density at radius 2 is 1.55 bits per heavy atom. The van der Waals surface area contributed by atoms with Crippen LogP contribution in [0.2, 0.25) is 0 Å². The molecule has 4 rings (SSSR count). The molecular weight excluding hydrogens is 390 g/mol. The highest BCUT2D eigenvalue weighted by Crippen LogP contribution is 2.45. The molecule has 1 atom stereocenters. The molecule has 2 aromatic rings. The van der Waals surface area contributed by atoms with Gasteiger partial charge < -0.3 is 4.74 Å². The molecule has 2 aliphatic rings. The van der Waals surface area contributed by atoms with E-state index in [4.69, 9.17) is 4.74 Å². The van der Waals surface area contributed by atoms with E-state index in [0.29, 0.717) is 16.7 Å². The van der Waals surface area contributed by atoms with Gasteiger partial charge in [-0.05, 0) is 117 Å². The van der Waals surface area contributed by atoms with E-state index < -0.39 is 11.6 Å². The molecule has 0 saturated heterocycles. The number of benzene rings is 2. The molecule has 0 N–H and O–H groups in total. The van der Waals surface area contributed by atoms with Crippen molar-refractivity contribution >= 4 is 10.8 Å². The Labute approximate surface area is 185 Å². The van der Waals surface area contributed by atoms with Crippen molar-refractivity contribution in [3.05, 3.63) is 53.6 Å². The summed E-state index contributed by atoms with van der Waals surface area (Å²) in [5, 5.41) is 1.06. The highest BCUT2D eigenvalue weighted by Gasteiger charge is 2.33. The Morgan fingerprint density at radius 1 is 0.903 bits per heavy atom. The second-order valence-electron chi connectivity index (χ2n) is 9.85. The zero-order valence-electron chi connectivity index (χ0n) is 19.2. The lowest BCUT2D eigenvalue weighted by Gasteiger charge is -2.39. The van der Waals surface area contributed by atoms with Crippen LogP contribution in [0.5, 0.6) is 5.75 Å². The quantitative estimate of drug-likeness (QED) is 0.436. The third-order valence-corrected chi connectivity index (χ3v) is 8.23. The van der Waals surface area contributed by atoms with Crippen LogP contribution in [0.4, 0.5) is 8.78 Å². The van der Waals surface area contributed by atoms with Crippen LogP contribution in [0.1, 0.15) is 76.7 Å². The molecule has 168 valence electrons. The van der Waals surface area contributed by atoms with E-state index in [1.807, 2.05) is 18.2 Å². The maximum atomic E-state index is 15.0. The van der Waals surface area contributed by atoms with Gasteiger partial charge in [0.2, 0.25) is 0 Å². The highest BCUT2D eigenvalue weighted by molar-refractivity contribution is 5.85. The molecule has 0 heterocycles. The number of fused-ring (bicyclic) bond motifs is 1. The number of ether oxygens (including phenoxy) is 1. The molecule has 0 aliphatic heterocycles. The summed E-state index contributed by atoms with van der Waals surface area (Å²) in [4.78, 5) is 0. The Balaban J connectivity index is 1.42. The second kappa shape index (κ2) is 9.71. The zero-order valence-corrected chi connectivity index (χ0v) is 19.2. The van der Waals surface area contributed by atoms with E-state index in [-0.39, 0.29) is 5.92 Å². The molecule has 1 unspecified atom stereocenters. The van der Waals surface area contributed by atoms with Crippen LogP contribution < -0.4 is 4.74 Å². The first kappa shape index (κ1) is 22.3. The molecular formula is C28H36F2O. The van der Waals surface area contributed by atoms with Crippen molar-refractivity contribution in [2.24, 2.45) is 23.7 Å². The SMILES string of the molecule is C/C=C/C1CCC(C(C)C2CCC(c3cc4ccc(OC)cc4c(F)c3F)CC2)CC1. The summed E-state index contributed by atoms with van der Waals surface area (Å²) in [6.45, 7) is 4.56. The fourth-order valence-electron chi connectivity index (χ4n) is 6.23. The van der Waals surface area contributed by atoms with Gasteiger partial charge in [-0.25, -0.2) is 8.78 Å². The lowest BCUT2D eigenvalue weighted by atomic mass is 9.67. The van der Waals surface area contributed by atoms with Crippen LogP contribution in [0, 0.1) is 35.3 Å². The molecule has 2 saturated carbocycles. The molecule has 0 amide bonds. The van der Waals surface area contributed by atoms with Crippen molar-refractivity contribution in [2.75, 3.05) is 7.11 Å². The van der Waals surface area contributed by atoms with Gasteiger partial charge in [0, 0.05) is 5.39 Å². The van der Waals surface area contributed by atoms with Crippen LogP contribution >= 0.6 is 0 Å². The van der Waals surface area contributed by atoms with E-state index in [1.165, 1.54) is 32.8 Å². The van der Waals surface area contributed by atoms with E-state index in [0.717, 1.165) is 54.7 Å². The summed E-state index contributed by atoms with van der Waals surface area (Å²) < 4.78 is 35.0. The predicted octanol–water partition coefficient (Wildman–Crippen LogP) is 8.42. The number of allylic oxidation sites excluding steroid dienone is 2. The van der Waals surface area contributed by atoms with E-state index in [9.17, 15) is 8.78 Å². The number of hydrogen-bond donors (Lipinski definition) is 0. The molecule has 2 aromatic carbocycles. The van der Waals surface area contributed by atoms with Crippen molar-refractivity contribution < 1.29 is 13.5 Å². The Morgan fingerprint density at radius 3 is 2.16 bits per heavy atom. The lowest BCUT2D eigenvalue weighted by Crippen LogP contribution is -2.28. The summed E-state index contributed by atoms with van der Waals surface area (Å²) in [5.74, 6) is 2.32. The van der Waals surface area contributed by atoms with Crippen molar-refractivity contribution in [1.82, 2.24) is 0 Å². The average Bonchev–Trinajstić information content (AvgIpc) is 2.81. The molecule has 0 bridgehead atoms. The topological polar surface area (TPSA) is 9.23 Å². The van der Waals surface area contributed by atoms with Crippen molar-refractivity contribution in [3.8, 4) is 5.75 Å². The average molecular weight is 427 g/mol. The molecule has 2 aliphatic carbocycles. The largest absolute Gasteiger partial charge is 0.497 e. The summed E-state index contributed by atoms with van der Waals surface area (Å²) in [6.07, 6.45) is 14.1. The predicted molar refractivity (Wildman–Crippen MR) is 125 cm³/mol. The Bertz CT molecular complexity index is 918. The number of halogens is 2. The molecule has 3 heteroatoms. The zero-order chi connectivity index (χ0) is 22.0. The van der Waals surface area contributed by atoms with Gasteiger partial charge in [-0.3, -0.25) is 0 Å². The maximum Gasteiger partial charge on any atom is 0.167 e. The summed E-state index contributed by atoms with van der Waals surface area (Å²) in [7, 11) is 1.54. The van der Waals surface area contributed by atoms with Gasteiger partial charge in [-0.2, -0.15) is 0 Å². The van der Waals surface area contributed by atoms with Crippen LogP contribution in [-0.2, 0) is 0 Å². The van der Waals surface area contributed by atoms with E-state index in [1.54, 1.807) is 6.07 Å². The molecule has 1 nitrogen and oxygen atoms in total. The van der Waals surface area contributed by atoms with Gasteiger partial charge >= 0.3 is 0 Å². The Hall–Kier alpha value is -1.90. The minimum atomic E-state index is -0.736. The number of hydrogen-bond acceptors (Lipinski definition) is 1. The summed E-state index contributed by atoms with van der Waals surface area (Å²) in [6, 6.07) is 7.09. The fraction of sp³-hybridized carbons (Fsp3) is 0.571. The smallest absolute Gasteiger partial charge is 0.167 e. The third-order valence-electron chi connectivity index (χ3n) is 8.23. The van der Waals surface area contributed by atoms with Gasteiger partial charge in [0.25, 0.3) is 0 Å². The molecule has 0 radical (unpaired) electrons. The van der Waals surface area contributed by atoms with Gasteiger partial charge in [0.15, 0.2) is 11.6 Å². The molecule has 31 heavy (non-hydrogen) atoms. The minimum absolute atomic E-state index is 0.120. The van der Waals surface area contributed by atoms with Crippen molar-refractivity contribution in [3.63, 3.8) is 0 Å². The van der Waals surface area contributed by atoms with Crippen LogP contribution in [0.3, 0.4) is 0 Å². The monoisotopic (exact) mass is 426 g/mol. The fourth-order valence-corrected chi connectivity index (χ4v) is 6.23. The van der Waals surface area contributed by atoms with Crippen molar-refractivity contribution in [1.29, 1.82) is 0 Å². The summed E-state index contributed by atoms with van der Waals surface area (Å²) in [5.41, 5.74) is 0.563. The van der Waals surface area contributed by atoms with Gasteiger partial charge in [0.05, 0.1) is 7.11 Å². The van der Waals surface area contributed by atoms with Gasteiger partial charge in [0.1, 0.15) is 5.75 Å². The van der Waals surface area contributed by atoms with E-state index >= 15 is 0 Å². The standard InChI is InChI=1S/C28H36F2O/c1-4-5-19-6-8-20(9-7-19)18(2)21-10-12-22(13-11-21)25-16-23-14-15-24(31-3)17-26(23)28(30)27(25)29/h4-5,14-22H,6-13H2,1-3H3/b5-4+. The second-order valence-corrected chi connectivity index (χ2v) is 9.85. The van der Waals surface area contributed by atoms with E-state index in [2.05, 4.69) is 26.0 Å². The van der Waals surface area contributed by atoms with Crippen LogP contribution in [0.25, 0.3) is 10.8 Å². The highest BCUT2D eigenvalue weighted by atomic mass is 19.2. The minimum Gasteiger partial charge on any atom is -0.497 e.